The maximum Gasteiger partial charge on any atom is 0.259 e. The van der Waals surface area contributed by atoms with E-state index in [0.717, 1.165) is 5.69 Å². The number of ether oxygens (including phenoxy) is 1. The first-order valence-electron chi connectivity index (χ1n) is 8.57. The van der Waals surface area contributed by atoms with Gasteiger partial charge in [0.15, 0.2) is 0 Å². The molecule has 0 unspecified atom stereocenters. The summed E-state index contributed by atoms with van der Waals surface area (Å²) < 4.78 is 5.26. The van der Waals surface area contributed by atoms with Crippen molar-refractivity contribution in [3.05, 3.63) is 76.8 Å². The molecule has 1 aromatic heterocycles. The van der Waals surface area contributed by atoms with E-state index in [1.807, 2.05) is 0 Å². The van der Waals surface area contributed by atoms with Gasteiger partial charge in [-0.1, -0.05) is 11.6 Å². The molecule has 0 aliphatic rings. The minimum absolute atomic E-state index is 0.261. The molecule has 0 spiro atoms. The number of H-pyrrole nitrogens is 1. The number of hydrogen-bond acceptors (Lipinski definition) is 4. The van der Waals surface area contributed by atoms with Crippen LogP contribution in [-0.4, -0.2) is 35.4 Å². The Morgan fingerprint density at radius 2 is 1.93 bits per heavy atom. The van der Waals surface area contributed by atoms with Gasteiger partial charge in [-0.25, -0.2) is 4.98 Å². The molecule has 0 atom stereocenters. The van der Waals surface area contributed by atoms with E-state index >= 15 is 0 Å². The van der Waals surface area contributed by atoms with E-state index in [-0.39, 0.29) is 17.4 Å². The number of aromatic amines is 1. The summed E-state index contributed by atoms with van der Waals surface area (Å²) in [7, 11) is 1.47. The maximum absolute atomic E-state index is 12.7. The molecule has 3 aromatic rings. The summed E-state index contributed by atoms with van der Waals surface area (Å²) in [6.45, 7) is 0.433. The van der Waals surface area contributed by atoms with Gasteiger partial charge in [0.25, 0.3) is 11.8 Å². The summed E-state index contributed by atoms with van der Waals surface area (Å²) >= 11 is 5.86. The summed E-state index contributed by atoms with van der Waals surface area (Å²) in [5.41, 5.74) is 2.07. The molecule has 0 aliphatic heterocycles. The lowest BCUT2D eigenvalue weighted by Gasteiger charge is -2.12. The summed E-state index contributed by atoms with van der Waals surface area (Å²) in [4.78, 5) is 32.0. The van der Waals surface area contributed by atoms with E-state index in [4.69, 9.17) is 16.3 Å². The smallest absolute Gasteiger partial charge is 0.259 e. The lowest BCUT2D eigenvalue weighted by molar-refractivity contribution is 0.0954. The molecule has 2 amide bonds. The van der Waals surface area contributed by atoms with Gasteiger partial charge < -0.3 is 20.4 Å². The molecule has 144 valence electrons. The molecule has 0 saturated heterocycles. The van der Waals surface area contributed by atoms with Crippen LogP contribution in [0.25, 0.3) is 0 Å². The van der Waals surface area contributed by atoms with E-state index in [2.05, 4.69) is 20.6 Å². The monoisotopic (exact) mass is 398 g/mol. The zero-order valence-corrected chi connectivity index (χ0v) is 15.9. The van der Waals surface area contributed by atoms with Gasteiger partial charge in [0, 0.05) is 35.4 Å². The molecule has 8 heteroatoms. The van der Waals surface area contributed by atoms with Gasteiger partial charge in [-0.2, -0.15) is 0 Å². The Morgan fingerprint density at radius 3 is 2.61 bits per heavy atom. The first-order chi connectivity index (χ1) is 13.6. The molecular weight excluding hydrogens is 380 g/mol. The van der Waals surface area contributed by atoms with Gasteiger partial charge >= 0.3 is 0 Å². The van der Waals surface area contributed by atoms with Gasteiger partial charge in [0.05, 0.1) is 24.7 Å². The Morgan fingerprint density at radius 1 is 1.14 bits per heavy atom. The minimum Gasteiger partial charge on any atom is -0.496 e. The summed E-state index contributed by atoms with van der Waals surface area (Å²) in [5, 5.41) is 6.16. The third kappa shape index (κ3) is 4.89. The van der Waals surface area contributed by atoms with Crippen molar-refractivity contribution in [2.45, 2.75) is 6.42 Å². The summed E-state index contributed by atoms with van der Waals surface area (Å²) in [6, 6.07) is 11.5. The quantitative estimate of drug-likeness (QED) is 0.569. The Labute approximate surface area is 167 Å². The first kappa shape index (κ1) is 19.4. The van der Waals surface area contributed by atoms with Crippen molar-refractivity contribution < 1.29 is 14.3 Å². The van der Waals surface area contributed by atoms with E-state index in [1.165, 1.54) is 13.2 Å². The molecule has 7 nitrogen and oxygen atoms in total. The summed E-state index contributed by atoms with van der Waals surface area (Å²) in [5.74, 6) is -0.288. The third-order valence-electron chi connectivity index (χ3n) is 4.03. The molecule has 0 saturated carbocycles. The number of anilines is 1. The number of nitrogens with zero attached hydrogens (tertiary/aromatic N) is 1. The number of halogens is 1. The average molecular weight is 399 g/mol. The fourth-order valence-corrected chi connectivity index (χ4v) is 2.72. The van der Waals surface area contributed by atoms with Crippen LogP contribution in [0.1, 0.15) is 26.4 Å². The highest BCUT2D eigenvalue weighted by atomic mass is 35.5. The van der Waals surface area contributed by atoms with Crippen molar-refractivity contribution >= 4 is 29.1 Å². The number of carbonyl (C=O) groups excluding carboxylic acids is 2. The highest BCUT2D eigenvalue weighted by Crippen LogP contribution is 2.22. The number of benzene rings is 2. The standard InChI is InChI=1S/C20H19ClN4O3/c1-28-18-7-2-13(19(26)23-9-8-16-11-22-12-24-16)10-17(18)20(27)25-15-5-3-14(21)4-6-15/h2-7,10-12H,8-9H2,1H3,(H,22,24)(H,23,26)(H,25,27). The zero-order valence-electron chi connectivity index (χ0n) is 15.2. The number of hydrogen-bond donors (Lipinski definition) is 3. The Balaban J connectivity index is 1.70. The number of methoxy groups -OCH3 is 1. The molecule has 2 aromatic carbocycles. The number of rotatable bonds is 7. The van der Waals surface area contributed by atoms with Crippen LogP contribution in [0.3, 0.4) is 0 Å². The molecule has 0 bridgehead atoms. The largest absolute Gasteiger partial charge is 0.496 e. The second-order valence-electron chi connectivity index (χ2n) is 5.94. The number of imidazole rings is 1. The highest BCUT2D eigenvalue weighted by molar-refractivity contribution is 6.30. The molecular formula is C20H19ClN4O3. The average Bonchev–Trinajstić information content (AvgIpc) is 3.22. The molecule has 3 rings (SSSR count). The Kier molecular flexibility index (Phi) is 6.29. The molecule has 28 heavy (non-hydrogen) atoms. The fourth-order valence-electron chi connectivity index (χ4n) is 2.59. The van der Waals surface area contributed by atoms with Gasteiger partial charge in [0.1, 0.15) is 5.75 Å². The molecule has 0 radical (unpaired) electrons. The van der Waals surface area contributed by atoms with Crippen molar-refractivity contribution in [2.75, 3.05) is 19.0 Å². The number of aromatic nitrogens is 2. The predicted molar refractivity (Wildman–Crippen MR) is 107 cm³/mol. The van der Waals surface area contributed by atoms with Crippen molar-refractivity contribution in [1.82, 2.24) is 15.3 Å². The van der Waals surface area contributed by atoms with E-state index in [9.17, 15) is 9.59 Å². The number of amides is 2. The molecule has 0 aliphatic carbocycles. The number of nitrogens with one attached hydrogen (secondary N) is 3. The predicted octanol–water partition coefficient (Wildman–Crippen LogP) is 3.30. The Hall–Kier alpha value is -3.32. The van der Waals surface area contributed by atoms with E-state index in [1.54, 1.807) is 48.9 Å². The van der Waals surface area contributed by atoms with Crippen LogP contribution < -0.4 is 15.4 Å². The summed E-state index contributed by atoms with van der Waals surface area (Å²) in [6.07, 6.45) is 3.97. The van der Waals surface area contributed by atoms with Gasteiger partial charge in [0.2, 0.25) is 0 Å². The van der Waals surface area contributed by atoms with Gasteiger partial charge in [-0.15, -0.1) is 0 Å². The lowest BCUT2D eigenvalue weighted by Crippen LogP contribution is -2.26. The van der Waals surface area contributed by atoms with Gasteiger partial charge in [-0.3, -0.25) is 9.59 Å². The van der Waals surface area contributed by atoms with E-state index in [0.29, 0.717) is 35.0 Å². The van der Waals surface area contributed by atoms with Crippen LogP contribution in [0.2, 0.25) is 5.02 Å². The second kappa shape index (κ2) is 9.05. The van der Waals surface area contributed by atoms with Crippen molar-refractivity contribution in [3.63, 3.8) is 0 Å². The second-order valence-corrected chi connectivity index (χ2v) is 6.38. The molecule has 1 heterocycles. The first-order valence-corrected chi connectivity index (χ1v) is 8.95. The van der Waals surface area contributed by atoms with Crippen molar-refractivity contribution in [1.29, 1.82) is 0 Å². The topological polar surface area (TPSA) is 96.1 Å². The van der Waals surface area contributed by atoms with Crippen LogP contribution in [0.4, 0.5) is 5.69 Å². The minimum atomic E-state index is -0.384. The van der Waals surface area contributed by atoms with E-state index < -0.39 is 0 Å². The van der Waals surface area contributed by atoms with Crippen LogP contribution in [0.5, 0.6) is 5.75 Å². The van der Waals surface area contributed by atoms with Crippen LogP contribution >= 0.6 is 11.6 Å². The van der Waals surface area contributed by atoms with Crippen LogP contribution in [0, 0.1) is 0 Å². The van der Waals surface area contributed by atoms with Crippen molar-refractivity contribution in [2.24, 2.45) is 0 Å². The van der Waals surface area contributed by atoms with Crippen LogP contribution in [0.15, 0.2) is 55.0 Å². The Bertz CT molecular complexity index is 956. The zero-order chi connectivity index (χ0) is 19.9. The molecule has 0 fully saturated rings. The van der Waals surface area contributed by atoms with Crippen molar-refractivity contribution in [3.8, 4) is 5.75 Å². The highest BCUT2D eigenvalue weighted by Gasteiger charge is 2.16. The fraction of sp³-hybridized carbons (Fsp3) is 0.150. The lowest BCUT2D eigenvalue weighted by atomic mass is 10.1. The normalized spacial score (nSPS) is 10.4. The SMILES string of the molecule is COc1ccc(C(=O)NCCc2c[nH]cn2)cc1C(=O)Nc1ccc(Cl)cc1. The number of carbonyl (C=O) groups is 2. The maximum atomic E-state index is 12.7. The third-order valence-corrected chi connectivity index (χ3v) is 4.28. The van der Waals surface area contributed by atoms with Crippen LogP contribution in [-0.2, 0) is 6.42 Å². The molecule has 3 N–H and O–H groups in total. The van der Waals surface area contributed by atoms with Gasteiger partial charge in [-0.05, 0) is 42.5 Å².